The number of carbonyl (C=O) groups excluding carboxylic acids is 2. The summed E-state index contributed by atoms with van der Waals surface area (Å²) in [5.41, 5.74) is 16.1. The van der Waals surface area contributed by atoms with E-state index in [1.807, 2.05) is 52.0 Å². The Kier molecular flexibility index (Phi) is 6.39. The molecule has 1 aromatic heterocycles. The zero-order valence-corrected chi connectivity index (χ0v) is 20.4. The fraction of sp³-hybridized carbons (Fsp3) is 0.296. The van der Waals surface area contributed by atoms with Gasteiger partial charge in [0, 0.05) is 18.4 Å². The highest BCUT2D eigenvalue weighted by Gasteiger charge is 2.40. The summed E-state index contributed by atoms with van der Waals surface area (Å²) >= 11 is 0. The number of fused-ring (bicyclic) bond motifs is 1. The third-order valence-electron chi connectivity index (χ3n) is 6.44. The molecule has 35 heavy (non-hydrogen) atoms. The van der Waals surface area contributed by atoms with Crippen LogP contribution in [-0.4, -0.2) is 28.9 Å². The molecule has 1 aliphatic heterocycles. The quantitative estimate of drug-likeness (QED) is 0.462. The van der Waals surface area contributed by atoms with E-state index >= 15 is 0 Å². The average molecular weight is 475 g/mol. The van der Waals surface area contributed by atoms with E-state index in [2.05, 4.69) is 10.3 Å². The molecule has 0 bridgehead atoms. The minimum Gasteiger partial charge on any atom is -0.489 e. The number of ketones is 1. The summed E-state index contributed by atoms with van der Waals surface area (Å²) in [6.07, 6.45) is 1.64. The molecule has 0 saturated carbocycles. The summed E-state index contributed by atoms with van der Waals surface area (Å²) in [7, 11) is 0. The van der Waals surface area contributed by atoms with Gasteiger partial charge in [-0.25, -0.2) is 4.98 Å². The van der Waals surface area contributed by atoms with Crippen LogP contribution in [0.3, 0.4) is 0 Å². The molecule has 0 spiro atoms. The molecule has 182 valence electrons. The Labute approximate surface area is 204 Å². The molecule has 0 fully saturated rings. The van der Waals surface area contributed by atoms with Crippen molar-refractivity contribution in [3.05, 3.63) is 76.0 Å². The molecule has 1 unspecified atom stereocenters. The Hall–Kier alpha value is -4.07. The summed E-state index contributed by atoms with van der Waals surface area (Å²) in [6, 6.07) is 10.6. The van der Waals surface area contributed by atoms with Gasteiger partial charge in [0.2, 0.25) is 0 Å². The minimum atomic E-state index is -0.802. The van der Waals surface area contributed by atoms with E-state index in [-0.39, 0.29) is 24.7 Å². The first kappa shape index (κ1) is 24.1. The molecule has 0 radical (unpaired) electrons. The fourth-order valence-electron chi connectivity index (χ4n) is 4.16. The van der Waals surface area contributed by atoms with Crippen molar-refractivity contribution in [3.8, 4) is 11.5 Å². The number of benzene rings is 2. The number of hydrogen-bond donors (Lipinski definition) is 3. The molecular weight excluding hydrogens is 444 g/mol. The molecule has 8 nitrogen and oxygen atoms in total. The van der Waals surface area contributed by atoms with Crippen LogP contribution in [0, 0.1) is 20.8 Å². The first-order valence-corrected chi connectivity index (χ1v) is 11.4. The highest BCUT2D eigenvalue weighted by molar-refractivity contribution is 6.03. The number of anilines is 2. The van der Waals surface area contributed by atoms with Crippen molar-refractivity contribution >= 4 is 23.2 Å². The summed E-state index contributed by atoms with van der Waals surface area (Å²) in [5.74, 6) is 1.38. The largest absolute Gasteiger partial charge is 0.489 e. The Balaban J connectivity index is 1.38. The van der Waals surface area contributed by atoms with Crippen LogP contribution in [0.25, 0.3) is 0 Å². The molecule has 4 rings (SSSR count). The van der Waals surface area contributed by atoms with Crippen molar-refractivity contribution in [2.45, 2.75) is 46.3 Å². The van der Waals surface area contributed by atoms with E-state index in [0.717, 1.165) is 22.3 Å². The zero-order chi connectivity index (χ0) is 25.3. The van der Waals surface area contributed by atoms with Gasteiger partial charge in [-0.2, -0.15) is 0 Å². The van der Waals surface area contributed by atoms with E-state index < -0.39 is 5.60 Å². The zero-order valence-electron chi connectivity index (χ0n) is 20.4. The van der Waals surface area contributed by atoms with E-state index in [9.17, 15) is 9.59 Å². The number of Topliss-reactive ketones (excluding diaryl/α,β-unsaturated/α-hetero) is 1. The molecule has 8 heteroatoms. The van der Waals surface area contributed by atoms with Crippen LogP contribution in [0.5, 0.6) is 11.5 Å². The number of aromatic nitrogens is 1. The third-order valence-corrected chi connectivity index (χ3v) is 6.44. The second kappa shape index (κ2) is 9.29. The summed E-state index contributed by atoms with van der Waals surface area (Å²) in [5, 5.41) is 2.85. The molecule has 1 atom stereocenters. The monoisotopic (exact) mass is 474 g/mol. The normalized spacial score (nSPS) is 16.9. The van der Waals surface area contributed by atoms with E-state index in [1.165, 1.54) is 6.20 Å². The number of carbonyl (C=O) groups is 2. The molecule has 1 amide bonds. The SMILES string of the molecule is Cc1c(C)c2c(c(C)c1N)C(=O)CC(C)(COc1ccc(CNC(=O)c3ccc(N)nc3)cc1)O2. The van der Waals surface area contributed by atoms with Gasteiger partial charge in [0.15, 0.2) is 5.78 Å². The molecular formula is C27H30N4O4. The van der Waals surface area contributed by atoms with E-state index in [0.29, 0.717) is 40.7 Å². The third kappa shape index (κ3) is 4.91. The first-order valence-electron chi connectivity index (χ1n) is 11.4. The Morgan fingerprint density at radius 2 is 1.80 bits per heavy atom. The molecule has 2 aromatic carbocycles. The van der Waals surface area contributed by atoms with Crippen molar-refractivity contribution < 1.29 is 19.1 Å². The summed E-state index contributed by atoms with van der Waals surface area (Å²) in [4.78, 5) is 29.2. The number of ether oxygens (including phenoxy) is 2. The van der Waals surface area contributed by atoms with Gasteiger partial charge in [-0.15, -0.1) is 0 Å². The van der Waals surface area contributed by atoms with Crippen molar-refractivity contribution in [2.24, 2.45) is 0 Å². The van der Waals surface area contributed by atoms with Crippen LogP contribution in [0.1, 0.15) is 56.3 Å². The van der Waals surface area contributed by atoms with Gasteiger partial charge < -0.3 is 26.3 Å². The maximum Gasteiger partial charge on any atom is 0.253 e. The molecule has 0 saturated heterocycles. The first-order chi connectivity index (χ1) is 16.6. The predicted molar refractivity (Wildman–Crippen MR) is 135 cm³/mol. The van der Waals surface area contributed by atoms with Gasteiger partial charge in [0.05, 0.1) is 17.5 Å². The van der Waals surface area contributed by atoms with Gasteiger partial charge in [0.1, 0.15) is 29.5 Å². The second-order valence-electron chi connectivity index (χ2n) is 9.23. The molecule has 0 aliphatic carbocycles. The van der Waals surface area contributed by atoms with E-state index in [4.69, 9.17) is 20.9 Å². The summed E-state index contributed by atoms with van der Waals surface area (Å²) in [6.45, 7) is 8.16. The number of rotatable bonds is 6. The molecule has 3 aromatic rings. The van der Waals surface area contributed by atoms with Crippen LogP contribution in [0.4, 0.5) is 11.5 Å². The second-order valence-corrected chi connectivity index (χ2v) is 9.23. The molecule has 5 N–H and O–H groups in total. The van der Waals surface area contributed by atoms with Gasteiger partial charge in [-0.3, -0.25) is 9.59 Å². The smallest absolute Gasteiger partial charge is 0.253 e. The van der Waals surface area contributed by atoms with Crippen molar-refractivity contribution in [1.29, 1.82) is 0 Å². The Morgan fingerprint density at radius 1 is 1.09 bits per heavy atom. The number of pyridine rings is 1. The van der Waals surface area contributed by atoms with Crippen molar-refractivity contribution in [2.75, 3.05) is 18.1 Å². The van der Waals surface area contributed by atoms with Crippen LogP contribution in [0.15, 0.2) is 42.6 Å². The number of amides is 1. The lowest BCUT2D eigenvalue weighted by molar-refractivity contribution is 0.0183. The number of nitrogens with two attached hydrogens (primary N) is 2. The maximum atomic E-state index is 13.0. The lowest BCUT2D eigenvalue weighted by Crippen LogP contribution is -2.45. The van der Waals surface area contributed by atoms with E-state index in [1.54, 1.807) is 12.1 Å². The minimum absolute atomic E-state index is 0.00652. The standard InChI is InChI=1S/C27H30N4O4/c1-15-16(2)25-23(17(3)24(15)29)21(32)11-27(4,35-25)14-34-20-8-5-18(6-9-20)12-31-26(33)19-7-10-22(28)30-13-19/h5-10,13H,11-12,14,29H2,1-4H3,(H2,28,30)(H,31,33). The van der Waals surface area contributed by atoms with Crippen LogP contribution in [-0.2, 0) is 6.54 Å². The Morgan fingerprint density at radius 3 is 2.46 bits per heavy atom. The van der Waals surface area contributed by atoms with Crippen LogP contribution in [0.2, 0.25) is 0 Å². The van der Waals surface area contributed by atoms with Crippen molar-refractivity contribution in [3.63, 3.8) is 0 Å². The van der Waals surface area contributed by atoms with Gasteiger partial charge >= 0.3 is 0 Å². The maximum absolute atomic E-state index is 13.0. The van der Waals surface area contributed by atoms with Crippen LogP contribution >= 0.6 is 0 Å². The topological polar surface area (TPSA) is 130 Å². The lowest BCUT2D eigenvalue weighted by Gasteiger charge is -2.36. The fourth-order valence-corrected chi connectivity index (χ4v) is 4.16. The molecule has 1 aliphatic rings. The Bertz CT molecular complexity index is 1290. The number of nitrogens with zero attached hydrogens (tertiary/aromatic N) is 1. The number of hydrogen-bond acceptors (Lipinski definition) is 7. The van der Waals surface area contributed by atoms with Gasteiger partial charge in [0.25, 0.3) is 5.91 Å². The van der Waals surface area contributed by atoms with Gasteiger partial charge in [-0.1, -0.05) is 12.1 Å². The number of nitrogens with one attached hydrogen (secondary N) is 1. The number of nitrogen functional groups attached to an aromatic ring is 2. The predicted octanol–water partition coefficient (Wildman–Crippen LogP) is 3.90. The van der Waals surface area contributed by atoms with Gasteiger partial charge in [-0.05, 0) is 74.2 Å². The summed E-state index contributed by atoms with van der Waals surface area (Å²) < 4.78 is 12.3. The lowest BCUT2D eigenvalue weighted by atomic mass is 9.86. The van der Waals surface area contributed by atoms with Crippen molar-refractivity contribution in [1.82, 2.24) is 10.3 Å². The molecule has 2 heterocycles. The highest BCUT2D eigenvalue weighted by Crippen LogP contribution is 2.42. The highest BCUT2D eigenvalue weighted by atomic mass is 16.5. The average Bonchev–Trinajstić information content (AvgIpc) is 2.84. The van der Waals surface area contributed by atoms with Crippen LogP contribution < -0.4 is 26.3 Å².